The molecule has 2 nitrogen and oxygen atoms in total. The van der Waals surface area contributed by atoms with Crippen LogP contribution in [0.15, 0.2) is 24.0 Å². The Labute approximate surface area is 198 Å². The SMILES string of the molecule is CCCC1CCC(C2CCC(C3CCC(C(F)(F)Oc4cc(F)c(F)c(F)c4)=CO3)CC2)CC1. The van der Waals surface area contributed by atoms with Crippen molar-refractivity contribution in [1.29, 1.82) is 0 Å². The van der Waals surface area contributed by atoms with E-state index in [1.807, 2.05) is 0 Å². The number of rotatable bonds is 7. The molecule has 0 radical (unpaired) electrons. The Hall–Kier alpha value is -1.79. The van der Waals surface area contributed by atoms with E-state index >= 15 is 0 Å². The first kappa shape index (κ1) is 25.3. The smallest absolute Gasteiger partial charge is 0.425 e. The Kier molecular flexibility index (Phi) is 8.08. The Morgan fingerprint density at radius 2 is 1.41 bits per heavy atom. The minimum absolute atomic E-state index is 0.0746. The maximum atomic E-state index is 14.6. The van der Waals surface area contributed by atoms with Gasteiger partial charge in [0, 0.05) is 12.1 Å². The van der Waals surface area contributed by atoms with E-state index in [0.29, 0.717) is 24.5 Å². The molecule has 1 aromatic carbocycles. The zero-order valence-electron chi connectivity index (χ0n) is 19.8. The molecule has 190 valence electrons. The molecule has 0 saturated heterocycles. The summed E-state index contributed by atoms with van der Waals surface area (Å²) in [4.78, 5) is 0. The highest BCUT2D eigenvalue weighted by Gasteiger charge is 2.42. The van der Waals surface area contributed by atoms with Crippen molar-refractivity contribution in [1.82, 2.24) is 0 Å². The van der Waals surface area contributed by atoms with Crippen molar-refractivity contribution < 1.29 is 31.4 Å². The molecule has 2 aliphatic carbocycles. The average molecular weight is 487 g/mol. The maximum absolute atomic E-state index is 14.6. The fourth-order valence-electron chi connectivity index (χ4n) is 6.30. The number of benzene rings is 1. The molecule has 1 unspecified atom stereocenters. The standard InChI is InChI=1S/C27H35F5O2/c1-2-3-17-4-6-18(7-5-17)19-8-10-20(11-9-19)25-13-12-21(16-33-25)27(31,32)34-22-14-23(28)26(30)24(29)15-22/h14-20,25H,2-13H2,1H3. The number of ether oxygens (including phenoxy) is 2. The van der Waals surface area contributed by atoms with Crippen LogP contribution < -0.4 is 4.74 Å². The number of alkyl halides is 2. The van der Waals surface area contributed by atoms with E-state index in [2.05, 4.69) is 11.7 Å². The third-order valence-electron chi connectivity index (χ3n) is 8.26. The Morgan fingerprint density at radius 1 is 0.853 bits per heavy atom. The van der Waals surface area contributed by atoms with Gasteiger partial charge in [-0.3, -0.25) is 0 Å². The summed E-state index contributed by atoms with van der Waals surface area (Å²) >= 11 is 0. The van der Waals surface area contributed by atoms with Crippen molar-refractivity contribution >= 4 is 0 Å². The quantitative estimate of drug-likeness (QED) is 0.284. The van der Waals surface area contributed by atoms with E-state index in [1.165, 1.54) is 51.4 Å². The third-order valence-corrected chi connectivity index (χ3v) is 8.26. The van der Waals surface area contributed by atoms with Crippen molar-refractivity contribution in [3.05, 3.63) is 41.4 Å². The summed E-state index contributed by atoms with van der Waals surface area (Å²) in [5.74, 6) is -2.76. The molecule has 0 N–H and O–H groups in total. The van der Waals surface area contributed by atoms with Gasteiger partial charge in [0.25, 0.3) is 0 Å². The summed E-state index contributed by atoms with van der Waals surface area (Å²) in [5.41, 5.74) is -0.383. The molecule has 0 spiro atoms. The van der Waals surface area contributed by atoms with Crippen molar-refractivity contribution in [3.8, 4) is 5.75 Å². The molecule has 2 saturated carbocycles. The minimum Gasteiger partial charge on any atom is -0.497 e. The van der Waals surface area contributed by atoms with E-state index in [9.17, 15) is 22.0 Å². The van der Waals surface area contributed by atoms with Gasteiger partial charge in [0.15, 0.2) is 17.5 Å². The maximum Gasteiger partial charge on any atom is 0.425 e. The summed E-state index contributed by atoms with van der Waals surface area (Å²) in [6, 6.07) is 0.822. The minimum atomic E-state index is -3.80. The van der Waals surface area contributed by atoms with Gasteiger partial charge in [-0.1, -0.05) is 32.6 Å². The van der Waals surface area contributed by atoms with Crippen LogP contribution in [0.2, 0.25) is 0 Å². The van der Waals surface area contributed by atoms with Crippen LogP contribution in [0.5, 0.6) is 5.75 Å². The van der Waals surface area contributed by atoms with E-state index in [-0.39, 0.29) is 18.1 Å². The molecule has 0 amide bonds. The predicted octanol–water partition coefficient (Wildman–Crippen LogP) is 8.55. The van der Waals surface area contributed by atoms with Gasteiger partial charge in [0.1, 0.15) is 11.9 Å². The van der Waals surface area contributed by atoms with Crippen LogP contribution in [0.3, 0.4) is 0 Å². The zero-order chi connectivity index (χ0) is 24.3. The highest BCUT2D eigenvalue weighted by Crippen LogP contribution is 2.45. The Bertz CT molecular complexity index is 832. The van der Waals surface area contributed by atoms with Crippen LogP contribution in [0.25, 0.3) is 0 Å². The van der Waals surface area contributed by atoms with Crippen molar-refractivity contribution in [2.45, 2.75) is 96.2 Å². The largest absolute Gasteiger partial charge is 0.497 e. The molecular formula is C27H35F5O2. The van der Waals surface area contributed by atoms with Gasteiger partial charge in [0.05, 0.1) is 11.8 Å². The third kappa shape index (κ3) is 5.88. The van der Waals surface area contributed by atoms with E-state index in [0.717, 1.165) is 36.9 Å². The monoisotopic (exact) mass is 486 g/mol. The normalized spacial score (nSPS) is 30.4. The highest BCUT2D eigenvalue weighted by molar-refractivity contribution is 5.27. The van der Waals surface area contributed by atoms with Gasteiger partial charge in [-0.05, 0) is 75.0 Å². The molecule has 1 aliphatic heterocycles. The van der Waals surface area contributed by atoms with Crippen LogP contribution in [0.4, 0.5) is 22.0 Å². The first-order valence-electron chi connectivity index (χ1n) is 12.8. The van der Waals surface area contributed by atoms with Crippen molar-refractivity contribution in [2.75, 3.05) is 0 Å². The van der Waals surface area contributed by atoms with Gasteiger partial charge in [-0.15, -0.1) is 0 Å². The molecule has 1 heterocycles. The lowest BCUT2D eigenvalue weighted by molar-refractivity contribution is -0.150. The van der Waals surface area contributed by atoms with E-state index in [1.54, 1.807) is 0 Å². The molecular weight excluding hydrogens is 451 g/mol. The molecule has 4 rings (SSSR count). The first-order valence-corrected chi connectivity index (χ1v) is 12.8. The van der Waals surface area contributed by atoms with Gasteiger partial charge in [-0.25, -0.2) is 13.2 Å². The summed E-state index contributed by atoms with van der Waals surface area (Å²) in [6.07, 6.45) is 10.2. The predicted molar refractivity (Wildman–Crippen MR) is 120 cm³/mol. The Morgan fingerprint density at radius 3 is 1.94 bits per heavy atom. The summed E-state index contributed by atoms with van der Waals surface area (Å²) in [5, 5.41) is 0. The second kappa shape index (κ2) is 10.9. The summed E-state index contributed by atoms with van der Waals surface area (Å²) < 4.78 is 79.1. The molecule has 0 aromatic heterocycles. The van der Waals surface area contributed by atoms with Gasteiger partial charge < -0.3 is 9.47 Å². The second-order valence-electron chi connectivity index (χ2n) is 10.4. The average Bonchev–Trinajstić information content (AvgIpc) is 2.83. The number of hydrogen-bond acceptors (Lipinski definition) is 2. The zero-order valence-corrected chi connectivity index (χ0v) is 19.8. The highest BCUT2D eigenvalue weighted by atomic mass is 19.3. The van der Waals surface area contributed by atoms with Gasteiger partial charge in [0.2, 0.25) is 0 Å². The molecule has 34 heavy (non-hydrogen) atoms. The van der Waals surface area contributed by atoms with Crippen LogP contribution in [0.1, 0.15) is 84.0 Å². The fourth-order valence-corrected chi connectivity index (χ4v) is 6.30. The number of halogens is 5. The topological polar surface area (TPSA) is 18.5 Å². The van der Waals surface area contributed by atoms with Crippen LogP contribution >= 0.6 is 0 Å². The second-order valence-corrected chi connectivity index (χ2v) is 10.4. The van der Waals surface area contributed by atoms with E-state index < -0.39 is 29.3 Å². The fraction of sp³-hybridized carbons (Fsp3) is 0.704. The Balaban J connectivity index is 1.26. The lowest BCUT2D eigenvalue weighted by Crippen LogP contribution is -2.35. The first-order chi connectivity index (χ1) is 16.3. The summed E-state index contributed by atoms with van der Waals surface area (Å²) in [7, 11) is 0. The number of hydrogen-bond donors (Lipinski definition) is 0. The van der Waals surface area contributed by atoms with Crippen LogP contribution in [-0.4, -0.2) is 12.2 Å². The van der Waals surface area contributed by atoms with Crippen molar-refractivity contribution in [2.24, 2.45) is 23.7 Å². The lowest BCUT2D eigenvalue weighted by Gasteiger charge is -2.40. The lowest BCUT2D eigenvalue weighted by atomic mass is 9.68. The summed E-state index contributed by atoms with van der Waals surface area (Å²) in [6.45, 7) is 2.26. The van der Waals surface area contributed by atoms with Gasteiger partial charge >= 0.3 is 6.11 Å². The van der Waals surface area contributed by atoms with E-state index in [4.69, 9.17) is 4.74 Å². The van der Waals surface area contributed by atoms with Crippen molar-refractivity contribution in [3.63, 3.8) is 0 Å². The molecule has 2 fully saturated rings. The molecule has 0 bridgehead atoms. The van der Waals surface area contributed by atoms with Crippen LogP contribution in [0, 0.1) is 41.1 Å². The molecule has 1 aromatic rings. The van der Waals surface area contributed by atoms with Gasteiger partial charge in [-0.2, -0.15) is 8.78 Å². The molecule has 7 heteroatoms. The molecule has 3 aliphatic rings. The molecule has 1 atom stereocenters. The van der Waals surface area contributed by atoms with Crippen LogP contribution in [-0.2, 0) is 4.74 Å².